The number of anilines is 1. The van der Waals surface area contributed by atoms with E-state index in [0.717, 1.165) is 25.9 Å². The summed E-state index contributed by atoms with van der Waals surface area (Å²) in [7, 11) is 0. The Hall–Kier alpha value is -1.81. The molecule has 1 aromatic heterocycles. The zero-order chi connectivity index (χ0) is 15.1. The zero-order valence-corrected chi connectivity index (χ0v) is 13.2. The third-order valence-corrected chi connectivity index (χ3v) is 4.88. The van der Waals surface area contributed by atoms with Gasteiger partial charge in [0.25, 0.3) is 0 Å². The molecule has 1 saturated heterocycles. The van der Waals surface area contributed by atoms with Crippen molar-refractivity contribution in [1.29, 1.82) is 0 Å². The van der Waals surface area contributed by atoms with Crippen LogP contribution in [0.3, 0.4) is 0 Å². The Kier molecular flexibility index (Phi) is 3.41. The van der Waals surface area contributed by atoms with E-state index in [1.165, 1.54) is 35.5 Å². The second-order valence-corrected chi connectivity index (χ2v) is 6.76. The van der Waals surface area contributed by atoms with Gasteiger partial charge in [-0.3, -0.25) is 0 Å². The summed E-state index contributed by atoms with van der Waals surface area (Å²) in [6.45, 7) is 4.25. The Morgan fingerprint density at radius 1 is 1.14 bits per heavy atom. The van der Waals surface area contributed by atoms with Crippen molar-refractivity contribution in [2.75, 3.05) is 18.0 Å². The Balaban J connectivity index is 1.71. The number of aromatic nitrogens is 2. The molecule has 0 amide bonds. The van der Waals surface area contributed by atoms with Crippen molar-refractivity contribution < 1.29 is 0 Å². The minimum atomic E-state index is 0.368. The number of rotatable bonds is 3. The lowest BCUT2D eigenvalue weighted by molar-refractivity contribution is 0.500. The molecule has 2 fully saturated rings. The number of hydrogen-bond acceptors (Lipinski definition) is 3. The van der Waals surface area contributed by atoms with Crippen LogP contribution in [0, 0.1) is 6.92 Å². The maximum absolute atomic E-state index is 6.05. The quantitative estimate of drug-likeness (QED) is 0.947. The predicted molar refractivity (Wildman–Crippen MR) is 89.7 cm³/mol. The molecule has 1 aromatic carbocycles. The fourth-order valence-electron chi connectivity index (χ4n) is 3.44. The van der Waals surface area contributed by atoms with Crippen molar-refractivity contribution in [3.05, 3.63) is 41.7 Å². The molecule has 22 heavy (non-hydrogen) atoms. The monoisotopic (exact) mass is 296 g/mol. The lowest BCUT2D eigenvalue weighted by Gasteiger charge is -2.32. The van der Waals surface area contributed by atoms with Crippen molar-refractivity contribution in [2.24, 2.45) is 5.73 Å². The first kappa shape index (κ1) is 13.8. The number of nitrogens with zero attached hydrogens (tertiary/aromatic N) is 3. The Morgan fingerprint density at radius 2 is 1.91 bits per heavy atom. The maximum atomic E-state index is 6.05. The van der Waals surface area contributed by atoms with Gasteiger partial charge in [-0.05, 0) is 50.3 Å². The van der Waals surface area contributed by atoms with Crippen LogP contribution in [-0.4, -0.2) is 28.9 Å². The number of benzene rings is 1. The molecule has 2 N–H and O–H groups in total. The molecular weight excluding hydrogens is 272 g/mol. The molecule has 4 rings (SSSR count). The van der Waals surface area contributed by atoms with Crippen molar-refractivity contribution >= 4 is 5.69 Å². The molecule has 0 radical (unpaired) electrons. The maximum Gasteiger partial charge on any atom is 0.0792 e. The number of nitrogens with two attached hydrogens (primary N) is 1. The summed E-state index contributed by atoms with van der Waals surface area (Å²) in [6.07, 6.45) is 6.81. The normalized spacial score (nSPS) is 19.6. The van der Waals surface area contributed by atoms with Crippen LogP contribution in [0.2, 0.25) is 0 Å². The second-order valence-electron chi connectivity index (χ2n) is 6.76. The Labute approximate surface area is 131 Å². The summed E-state index contributed by atoms with van der Waals surface area (Å²) in [5, 5.41) is 4.73. The van der Waals surface area contributed by atoms with Crippen LogP contribution in [0.1, 0.15) is 42.9 Å². The molecule has 2 heterocycles. The van der Waals surface area contributed by atoms with Gasteiger partial charge in [-0.2, -0.15) is 5.10 Å². The van der Waals surface area contributed by atoms with Gasteiger partial charge in [0, 0.05) is 25.0 Å². The third-order valence-electron chi connectivity index (χ3n) is 4.88. The Morgan fingerprint density at radius 3 is 2.59 bits per heavy atom. The molecule has 1 aliphatic heterocycles. The highest BCUT2D eigenvalue weighted by Crippen LogP contribution is 2.45. The number of piperidine rings is 1. The van der Waals surface area contributed by atoms with E-state index >= 15 is 0 Å². The van der Waals surface area contributed by atoms with Gasteiger partial charge in [0.1, 0.15) is 0 Å². The molecular formula is C18H24N4. The fourth-order valence-corrected chi connectivity index (χ4v) is 3.44. The lowest BCUT2D eigenvalue weighted by atomic mass is 10.1. The van der Waals surface area contributed by atoms with E-state index in [1.54, 1.807) is 0 Å². The summed E-state index contributed by atoms with van der Waals surface area (Å²) in [5.41, 5.74) is 11.2. The van der Waals surface area contributed by atoms with E-state index < -0.39 is 0 Å². The second kappa shape index (κ2) is 5.43. The van der Waals surface area contributed by atoms with Gasteiger partial charge in [0.15, 0.2) is 0 Å². The highest BCUT2D eigenvalue weighted by atomic mass is 15.3. The molecule has 1 saturated carbocycles. The number of aryl methyl sites for hydroxylation is 1. The zero-order valence-electron chi connectivity index (χ0n) is 13.2. The lowest BCUT2D eigenvalue weighted by Crippen LogP contribution is -2.39. The van der Waals surface area contributed by atoms with Crippen LogP contribution >= 0.6 is 0 Å². The molecule has 4 heteroatoms. The summed E-state index contributed by atoms with van der Waals surface area (Å²) >= 11 is 0. The first-order valence-corrected chi connectivity index (χ1v) is 8.38. The van der Waals surface area contributed by atoms with Crippen molar-refractivity contribution in [3.63, 3.8) is 0 Å². The van der Waals surface area contributed by atoms with Crippen LogP contribution in [0.4, 0.5) is 5.69 Å². The van der Waals surface area contributed by atoms with Gasteiger partial charge in [-0.25, -0.2) is 4.68 Å². The number of hydrogen-bond donors (Lipinski definition) is 1. The average molecular weight is 296 g/mol. The summed E-state index contributed by atoms with van der Waals surface area (Å²) in [6, 6.07) is 8.99. The van der Waals surface area contributed by atoms with E-state index in [1.807, 2.05) is 0 Å². The molecule has 0 unspecified atom stereocenters. The summed E-state index contributed by atoms with van der Waals surface area (Å²) in [5.74, 6) is 0.675. The minimum absolute atomic E-state index is 0.368. The first-order chi connectivity index (χ1) is 10.7. The van der Waals surface area contributed by atoms with E-state index in [4.69, 9.17) is 10.8 Å². The van der Waals surface area contributed by atoms with E-state index in [-0.39, 0.29) is 0 Å². The van der Waals surface area contributed by atoms with Crippen LogP contribution in [0.5, 0.6) is 0 Å². The van der Waals surface area contributed by atoms with Crippen LogP contribution in [-0.2, 0) is 0 Å². The standard InChI is InChI=1S/C18H24N4/c1-13-3-2-4-16(11-13)22-18(14-5-6-14)17(12-20-22)21-9-7-15(19)8-10-21/h2-4,11-12,14-15H,5-10,19H2,1H3. The van der Waals surface area contributed by atoms with Gasteiger partial charge < -0.3 is 10.6 Å². The first-order valence-electron chi connectivity index (χ1n) is 8.38. The van der Waals surface area contributed by atoms with Crippen molar-refractivity contribution in [2.45, 2.75) is 44.6 Å². The largest absolute Gasteiger partial charge is 0.369 e. The minimum Gasteiger partial charge on any atom is -0.369 e. The molecule has 116 valence electrons. The van der Waals surface area contributed by atoms with Crippen LogP contribution < -0.4 is 10.6 Å². The topological polar surface area (TPSA) is 47.1 Å². The predicted octanol–water partition coefficient (Wildman–Crippen LogP) is 2.99. The summed E-state index contributed by atoms with van der Waals surface area (Å²) in [4.78, 5) is 2.48. The SMILES string of the molecule is Cc1cccc(-n2ncc(N3CCC(N)CC3)c2C2CC2)c1. The van der Waals surface area contributed by atoms with Gasteiger partial charge in [-0.15, -0.1) is 0 Å². The molecule has 0 bridgehead atoms. The summed E-state index contributed by atoms with van der Waals surface area (Å²) < 4.78 is 2.16. The third kappa shape index (κ3) is 2.52. The average Bonchev–Trinajstić information content (AvgIpc) is 3.27. The Bertz CT molecular complexity index is 663. The van der Waals surface area contributed by atoms with Crippen molar-refractivity contribution in [3.8, 4) is 5.69 Å². The van der Waals surface area contributed by atoms with E-state index in [0.29, 0.717) is 12.0 Å². The molecule has 1 aliphatic carbocycles. The molecule has 0 atom stereocenters. The van der Waals surface area contributed by atoms with E-state index in [2.05, 4.69) is 47.0 Å². The molecule has 2 aliphatic rings. The van der Waals surface area contributed by atoms with Gasteiger partial charge >= 0.3 is 0 Å². The molecule has 2 aromatic rings. The highest BCUT2D eigenvalue weighted by Gasteiger charge is 2.33. The van der Waals surface area contributed by atoms with Gasteiger partial charge in [-0.1, -0.05) is 12.1 Å². The fraction of sp³-hybridized carbons (Fsp3) is 0.500. The molecule has 0 spiro atoms. The highest BCUT2D eigenvalue weighted by molar-refractivity contribution is 5.55. The molecule has 4 nitrogen and oxygen atoms in total. The smallest absolute Gasteiger partial charge is 0.0792 e. The van der Waals surface area contributed by atoms with Crippen LogP contribution in [0.15, 0.2) is 30.5 Å². The van der Waals surface area contributed by atoms with Crippen LogP contribution in [0.25, 0.3) is 5.69 Å². The van der Waals surface area contributed by atoms with Gasteiger partial charge in [0.2, 0.25) is 0 Å². The van der Waals surface area contributed by atoms with E-state index in [9.17, 15) is 0 Å². The van der Waals surface area contributed by atoms with Crippen molar-refractivity contribution in [1.82, 2.24) is 9.78 Å². The van der Waals surface area contributed by atoms with Gasteiger partial charge in [0.05, 0.1) is 23.3 Å².